The summed E-state index contributed by atoms with van der Waals surface area (Å²) in [5.41, 5.74) is 0.819. The predicted molar refractivity (Wildman–Crippen MR) is 146 cm³/mol. The Balaban J connectivity index is 0.00000109. The quantitative estimate of drug-likeness (QED) is 0.211. The van der Waals surface area contributed by atoms with Crippen molar-refractivity contribution < 1.29 is 13.2 Å². The second kappa shape index (κ2) is 13.4. The van der Waals surface area contributed by atoms with E-state index in [1.54, 1.807) is 20.0 Å². The number of nitrogens with one attached hydrogen (secondary N) is 1. The van der Waals surface area contributed by atoms with Crippen molar-refractivity contribution in [2.45, 2.75) is 46.4 Å². The van der Waals surface area contributed by atoms with Crippen LogP contribution >= 0.6 is 23.3 Å². The maximum absolute atomic E-state index is 14.4. The summed E-state index contributed by atoms with van der Waals surface area (Å²) in [6.07, 6.45) is 0.186. The van der Waals surface area contributed by atoms with Crippen molar-refractivity contribution in [3.63, 3.8) is 0 Å². The summed E-state index contributed by atoms with van der Waals surface area (Å²) in [6.45, 7) is 5.40. The van der Waals surface area contributed by atoms with Crippen molar-refractivity contribution in [2.24, 2.45) is 7.05 Å². The third-order valence-corrected chi connectivity index (χ3v) is 5.62. The van der Waals surface area contributed by atoms with Gasteiger partial charge in [0.2, 0.25) is 0 Å². The second-order valence-corrected chi connectivity index (χ2v) is 7.75. The van der Waals surface area contributed by atoms with E-state index in [4.69, 9.17) is 0 Å². The molecule has 6 nitrogen and oxygen atoms in total. The molecule has 0 radical (unpaired) electrons. The van der Waals surface area contributed by atoms with E-state index in [0.717, 1.165) is 11.6 Å². The van der Waals surface area contributed by atoms with Gasteiger partial charge in [0.25, 0.3) is 18.7 Å². The lowest BCUT2D eigenvalue weighted by atomic mass is 9.49. The van der Waals surface area contributed by atoms with Gasteiger partial charge < -0.3 is 9.88 Å². The molecule has 0 aliphatic carbocycles. The molecule has 2 aromatic heterocycles. The topological polar surface area (TPSA) is 83.6 Å². The Bertz CT molecular complexity index is 1360. The fraction of sp³-hybridized carbons (Fsp3) is 0.333. The fourth-order valence-electron chi connectivity index (χ4n) is 3.93. The smallest absolute Gasteiger partial charge is 0.277 e. The number of rotatable bonds is 5. The number of aryl methyl sites for hydroxylation is 1. The normalized spacial score (nSPS) is 12.4. The Hall–Kier alpha value is -2.91. The Morgan fingerprint density at radius 3 is 2.58 bits per heavy atom. The maximum Gasteiger partial charge on any atom is 0.277 e. The lowest BCUT2D eigenvalue weighted by molar-refractivity contribution is 0.146. The van der Waals surface area contributed by atoms with E-state index >= 15 is 0 Å². The zero-order chi connectivity index (χ0) is 27.0. The monoisotopic (exact) mass is 533 g/mol. The number of benzene rings is 1. The summed E-state index contributed by atoms with van der Waals surface area (Å²) in [7, 11) is 1.65. The zero-order valence-corrected chi connectivity index (χ0v) is 22.2. The Morgan fingerprint density at radius 1 is 1.28 bits per heavy atom. The van der Waals surface area contributed by atoms with Crippen molar-refractivity contribution in [3.05, 3.63) is 69.2 Å². The molecule has 12 heteroatoms. The Labute approximate surface area is 219 Å². The summed E-state index contributed by atoms with van der Waals surface area (Å²) in [5, 5.41) is 12.6. The van der Waals surface area contributed by atoms with Gasteiger partial charge in [-0.3, -0.25) is 4.79 Å². The lowest BCUT2D eigenvalue weighted by Gasteiger charge is -2.15. The number of hydrogen-bond donors (Lipinski definition) is 3. The number of nitrogens with zero attached hydrogens (tertiary/aromatic N) is 4. The average molecular weight is 533 g/mol. The molecular formula is C24H27BF3N5OS2. The van der Waals surface area contributed by atoms with E-state index in [2.05, 4.69) is 44.6 Å². The van der Waals surface area contributed by atoms with Gasteiger partial charge in [-0.25, -0.2) is 28.4 Å². The molecule has 1 aliphatic heterocycles. The molecular weight excluding hydrogens is 506 g/mol. The van der Waals surface area contributed by atoms with Gasteiger partial charge in [-0.05, 0) is 31.2 Å². The predicted octanol–water partition coefficient (Wildman–Crippen LogP) is 6.07. The minimum atomic E-state index is -2.92. The molecule has 1 aliphatic rings. The summed E-state index contributed by atoms with van der Waals surface area (Å²) < 4.78 is 42.0. The SMILES string of the molecule is CC.Cc1nc(NCc2cccc(C(F)F)c2F)c2cc(C3=CCB(C#N)C3)n(C)c(=O)c2n1.SS. The highest BCUT2D eigenvalue weighted by Gasteiger charge is 2.25. The van der Waals surface area contributed by atoms with E-state index in [-0.39, 0.29) is 29.9 Å². The first-order chi connectivity index (χ1) is 17.3. The van der Waals surface area contributed by atoms with Crippen LogP contribution in [0.25, 0.3) is 16.5 Å². The van der Waals surface area contributed by atoms with Crippen molar-refractivity contribution >= 4 is 52.3 Å². The minimum Gasteiger partial charge on any atom is -0.365 e. The molecule has 0 atom stereocenters. The van der Waals surface area contributed by atoms with Crippen LogP contribution in [0.5, 0.6) is 0 Å². The molecule has 0 saturated heterocycles. The number of allylic oxidation sites excluding steroid dienone is 2. The van der Waals surface area contributed by atoms with Gasteiger partial charge in [-0.2, -0.15) is 0 Å². The van der Waals surface area contributed by atoms with Crippen LogP contribution in [0.1, 0.15) is 42.9 Å². The van der Waals surface area contributed by atoms with Crippen LogP contribution in [0.4, 0.5) is 19.0 Å². The molecule has 0 spiro atoms. The average Bonchev–Trinajstić information content (AvgIpc) is 3.37. The molecule has 0 saturated carbocycles. The number of alkyl halides is 2. The number of nitriles is 1. The first-order valence-corrected chi connectivity index (χ1v) is 12.9. The van der Waals surface area contributed by atoms with Gasteiger partial charge in [-0.15, -0.1) is 23.3 Å². The van der Waals surface area contributed by atoms with Gasteiger partial charge in [0.15, 0.2) is 0 Å². The van der Waals surface area contributed by atoms with E-state index < -0.39 is 17.8 Å². The molecule has 1 aromatic carbocycles. The number of anilines is 1. The molecule has 36 heavy (non-hydrogen) atoms. The molecule has 190 valence electrons. The van der Waals surface area contributed by atoms with Crippen LogP contribution in [0, 0.1) is 24.0 Å². The Morgan fingerprint density at radius 2 is 1.97 bits per heavy atom. The van der Waals surface area contributed by atoms with Crippen LogP contribution in [-0.4, -0.2) is 21.2 Å². The number of aromatic nitrogens is 3. The molecule has 0 fully saturated rings. The third-order valence-electron chi connectivity index (χ3n) is 5.62. The fourth-order valence-corrected chi connectivity index (χ4v) is 3.93. The molecule has 0 bridgehead atoms. The van der Waals surface area contributed by atoms with Gasteiger partial charge in [-0.1, -0.05) is 38.1 Å². The van der Waals surface area contributed by atoms with Crippen molar-refractivity contribution in [1.82, 2.24) is 14.5 Å². The maximum atomic E-state index is 14.4. The summed E-state index contributed by atoms with van der Waals surface area (Å²) >= 11 is 6.44. The van der Waals surface area contributed by atoms with Crippen LogP contribution in [0.3, 0.4) is 0 Å². The molecule has 1 N–H and O–H groups in total. The molecule has 4 rings (SSSR count). The third kappa shape index (κ3) is 6.26. The van der Waals surface area contributed by atoms with Gasteiger partial charge in [0, 0.05) is 30.8 Å². The zero-order valence-electron chi connectivity index (χ0n) is 20.4. The highest BCUT2D eigenvalue weighted by Crippen LogP contribution is 2.31. The number of fused-ring (bicyclic) bond motifs is 1. The lowest BCUT2D eigenvalue weighted by Crippen LogP contribution is -2.22. The van der Waals surface area contributed by atoms with Crippen LogP contribution in [-0.2, 0) is 13.6 Å². The first-order valence-electron chi connectivity index (χ1n) is 11.3. The first kappa shape index (κ1) is 29.3. The molecule has 3 aromatic rings. The van der Waals surface area contributed by atoms with Gasteiger partial charge >= 0.3 is 0 Å². The van der Waals surface area contributed by atoms with Crippen LogP contribution in [0.2, 0.25) is 12.6 Å². The number of pyridine rings is 1. The summed E-state index contributed by atoms with van der Waals surface area (Å²) in [6, 6.07) is 5.61. The molecule has 0 unspecified atom stereocenters. The highest BCUT2D eigenvalue weighted by atomic mass is 33.1. The number of hydrogen-bond acceptors (Lipinski definition) is 7. The van der Waals surface area contributed by atoms with Crippen LogP contribution in [0.15, 0.2) is 35.1 Å². The largest absolute Gasteiger partial charge is 0.365 e. The van der Waals surface area contributed by atoms with E-state index in [9.17, 15) is 23.2 Å². The van der Waals surface area contributed by atoms with E-state index in [0.29, 0.717) is 35.4 Å². The van der Waals surface area contributed by atoms with Gasteiger partial charge in [0.05, 0.1) is 10.9 Å². The van der Waals surface area contributed by atoms with E-state index in [1.165, 1.54) is 16.7 Å². The van der Waals surface area contributed by atoms with Crippen molar-refractivity contribution in [3.8, 4) is 5.97 Å². The van der Waals surface area contributed by atoms with Crippen molar-refractivity contribution in [2.75, 3.05) is 5.32 Å². The summed E-state index contributed by atoms with van der Waals surface area (Å²) in [5.74, 6) is 1.93. The molecule has 3 heterocycles. The van der Waals surface area contributed by atoms with Crippen LogP contribution < -0.4 is 10.9 Å². The highest BCUT2D eigenvalue weighted by molar-refractivity contribution is 8.59. The summed E-state index contributed by atoms with van der Waals surface area (Å²) in [4.78, 5) is 21.7. The van der Waals surface area contributed by atoms with Gasteiger partial charge in [0.1, 0.15) is 23.0 Å². The number of thiol groups is 2. The number of halogens is 3. The Kier molecular flexibility index (Phi) is 10.9. The van der Waals surface area contributed by atoms with E-state index in [1.807, 2.05) is 19.9 Å². The van der Waals surface area contributed by atoms with Crippen molar-refractivity contribution in [1.29, 1.82) is 5.26 Å². The standard InChI is InChI=1S/C22H19BF3N5O.C2H6.H2S2/c1-12-29-19-16(8-17(31(2)22(19)32)13-6-7-23(9-13)11-27)21(30-12)28-10-14-4-3-5-15(18(14)24)20(25)26;2*1-2/h3-6,8,20H,7,9-10H2,1-2H3,(H,28,29,30);1-2H3;1-2H. The minimum absolute atomic E-state index is 0.0617. The molecule has 0 amide bonds. The second-order valence-electron chi connectivity index (χ2n) is 7.75.